The zero-order chi connectivity index (χ0) is 39.0. The van der Waals surface area contributed by atoms with E-state index in [-0.39, 0.29) is 0 Å². The molecule has 0 atom stereocenters. The van der Waals surface area contributed by atoms with Gasteiger partial charge in [-0.2, -0.15) is 0 Å². The van der Waals surface area contributed by atoms with Crippen LogP contribution in [0.3, 0.4) is 0 Å². The molecule has 58 heavy (non-hydrogen) atoms. The van der Waals surface area contributed by atoms with Crippen LogP contribution in [-0.4, -0.2) is 0 Å². The molecular weight excluding hydrogens is 697 g/mol. The highest BCUT2D eigenvalue weighted by Crippen LogP contribution is 2.53. The van der Waals surface area contributed by atoms with Crippen LogP contribution in [-0.2, 0) is 0 Å². The van der Waals surface area contributed by atoms with Crippen molar-refractivity contribution < 1.29 is 0 Å². The average Bonchev–Trinajstić information content (AvgIpc) is 3.24. The molecule has 0 bridgehead atoms. The first kappa shape index (κ1) is 36.1. The van der Waals surface area contributed by atoms with Crippen LogP contribution in [0.5, 0.6) is 0 Å². The van der Waals surface area contributed by atoms with Crippen molar-refractivity contribution in [1.29, 1.82) is 0 Å². The molecule has 0 nitrogen and oxygen atoms in total. The van der Waals surface area contributed by atoms with Crippen LogP contribution in [0.1, 0.15) is 72.6 Å². The molecule has 0 unspecified atom stereocenters. The summed E-state index contributed by atoms with van der Waals surface area (Å²) in [5, 5.41) is 0. The van der Waals surface area contributed by atoms with Gasteiger partial charge in [-0.25, -0.2) is 0 Å². The van der Waals surface area contributed by atoms with Gasteiger partial charge >= 0.3 is 0 Å². The molecule has 2 aliphatic rings. The molecule has 8 aromatic rings. The molecule has 0 spiro atoms. The largest absolute Gasteiger partial charge is 0.0622 e. The van der Waals surface area contributed by atoms with Crippen LogP contribution < -0.4 is 0 Å². The Labute approximate surface area is 344 Å². The van der Waals surface area contributed by atoms with Crippen molar-refractivity contribution in [3.8, 4) is 77.9 Å². The lowest BCUT2D eigenvalue weighted by atomic mass is 9.71. The summed E-state index contributed by atoms with van der Waals surface area (Å²) in [6, 6.07) is 68.2. The second-order valence-corrected chi connectivity index (χ2v) is 16.7. The molecule has 0 saturated heterocycles. The number of hydrogen-bond donors (Lipinski definition) is 0. The maximum Gasteiger partial charge on any atom is -0.0113 e. The summed E-state index contributed by atoms with van der Waals surface area (Å²) < 4.78 is 0. The van der Waals surface area contributed by atoms with E-state index in [2.05, 4.69) is 196 Å². The van der Waals surface area contributed by atoms with Crippen LogP contribution in [0.15, 0.2) is 182 Å². The van der Waals surface area contributed by atoms with E-state index >= 15 is 0 Å². The van der Waals surface area contributed by atoms with Crippen molar-refractivity contribution in [3.63, 3.8) is 0 Å². The third-order valence-electron chi connectivity index (χ3n) is 13.3. The fourth-order valence-corrected chi connectivity index (χ4v) is 9.84. The molecule has 282 valence electrons. The van der Waals surface area contributed by atoms with Crippen molar-refractivity contribution >= 4 is 0 Å². The van der Waals surface area contributed by atoms with Crippen molar-refractivity contribution in [2.75, 3.05) is 0 Å². The minimum atomic E-state index is 0.524. The number of hydrogen-bond acceptors (Lipinski definition) is 0. The predicted molar refractivity (Wildman–Crippen MR) is 247 cm³/mol. The quantitative estimate of drug-likeness (QED) is 0.138. The Bertz CT molecular complexity index is 2530. The zero-order valence-corrected chi connectivity index (χ0v) is 33.7. The highest BCUT2D eigenvalue weighted by atomic mass is 14.4. The molecule has 8 aromatic carbocycles. The summed E-state index contributed by atoms with van der Waals surface area (Å²) in [5.74, 6) is 1.05. The number of benzene rings is 8. The van der Waals surface area contributed by atoms with Gasteiger partial charge in [-0.3, -0.25) is 0 Å². The molecular formula is C58H50. The van der Waals surface area contributed by atoms with Gasteiger partial charge in [0.1, 0.15) is 0 Å². The maximum atomic E-state index is 2.61. The van der Waals surface area contributed by atoms with Crippen LogP contribution in [0.2, 0.25) is 0 Å². The minimum Gasteiger partial charge on any atom is -0.0622 e. The van der Waals surface area contributed by atoms with E-state index in [0.717, 1.165) is 0 Å². The van der Waals surface area contributed by atoms with Crippen molar-refractivity contribution in [1.82, 2.24) is 0 Å². The molecule has 0 N–H and O–H groups in total. The lowest BCUT2D eigenvalue weighted by molar-refractivity contribution is 0.421. The molecule has 2 fully saturated rings. The van der Waals surface area contributed by atoms with E-state index in [1.807, 2.05) is 0 Å². The van der Waals surface area contributed by atoms with E-state index < -0.39 is 0 Å². The Morgan fingerprint density at radius 3 is 0.931 bits per heavy atom. The van der Waals surface area contributed by atoms with Gasteiger partial charge in [0.2, 0.25) is 0 Å². The molecule has 0 aromatic heterocycles. The van der Waals surface area contributed by atoms with Crippen molar-refractivity contribution in [2.45, 2.75) is 64.2 Å². The highest BCUT2D eigenvalue weighted by molar-refractivity contribution is 5.95. The highest BCUT2D eigenvalue weighted by Gasteiger charge is 2.31. The maximum absolute atomic E-state index is 2.61. The SMILES string of the molecule is Cc1c(-c2cc(-c3ccccc3)cc(-c3ccccc3)c2C2CCC2)cc(-c2cc(-c3ccccc3)cc(-c3ccccc3)c2C2CCC2)c(C)c1-c1ccccc1. The predicted octanol–water partition coefficient (Wildman–Crippen LogP) is 16.5. The normalized spacial score (nSPS) is 14.2. The summed E-state index contributed by atoms with van der Waals surface area (Å²) in [6.45, 7) is 4.78. The lowest BCUT2D eigenvalue weighted by Crippen LogP contribution is -2.13. The van der Waals surface area contributed by atoms with Crippen molar-refractivity contribution in [2.24, 2.45) is 0 Å². The van der Waals surface area contributed by atoms with Gasteiger partial charge in [-0.05, 0) is 182 Å². The summed E-state index contributed by atoms with van der Waals surface area (Å²) in [4.78, 5) is 0. The van der Waals surface area contributed by atoms with E-state index in [9.17, 15) is 0 Å². The average molecular weight is 747 g/mol. The Morgan fingerprint density at radius 2 is 0.603 bits per heavy atom. The Morgan fingerprint density at radius 1 is 0.293 bits per heavy atom. The van der Waals surface area contributed by atoms with Crippen LogP contribution in [0.25, 0.3) is 77.9 Å². The first-order valence-corrected chi connectivity index (χ1v) is 21.4. The Balaban J connectivity index is 1.33. The summed E-state index contributed by atoms with van der Waals surface area (Å²) >= 11 is 0. The molecule has 0 heteroatoms. The second kappa shape index (κ2) is 15.6. The van der Waals surface area contributed by atoms with Gasteiger partial charge in [0, 0.05) is 0 Å². The molecule has 0 radical (unpaired) electrons. The third kappa shape index (κ3) is 6.61. The van der Waals surface area contributed by atoms with Gasteiger partial charge < -0.3 is 0 Å². The molecule has 2 aliphatic carbocycles. The van der Waals surface area contributed by atoms with Crippen molar-refractivity contribution in [3.05, 3.63) is 204 Å². The Hall–Kier alpha value is -6.24. The van der Waals surface area contributed by atoms with Crippen LogP contribution >= 0.6 is 0 Å². The fourth-order valence-electron chi connectivity index (χ4n) is 9.84. The van der Waals surface area contributed by atoms with Crippen LogP contribution in [0, 0.1) is 13.8 Å². The number of rotatable bonds is 9. The summed E-state index contributed by atoms with van der Waals surface area (Å²) in [7, 11) is 0. The minimum absolute atomic E-state index is 0.524. The van der Waals surface area contributed by atoms with Gasteiger partial charge in [0.25, 0.3) is 0 Å². The lowest BCUT2D eigenvalue weighted by Gasteiger charge is -2.33. The third-order valence-corrected chi connectivity index (χ3v) is 13.3. The fraction of sp³-hybridized carbons (Fsp3) is 0.172. The molecule has 0 amide bonds. The molecule has 0 aliphatic heterocycles. The topological polar surface area (TPSA) is 0 Å². The molecule has 10 rings (SSSR count). The van der Waals surface area contributed by atoms with Gasteiger partial charge in [-0.1, -0.05) is 165 Å². The summed E-state index contributed by atoms with van der Waals surface area (Å²) in [5.41, 5.74) is 24.2. The van der Waals surface area contributed by atoms with Gasteiger partial charge in [0.15, 0.2) is 0 Å². The summed E-state index contributed by atoms with van der Waals surface area (Å²) in [6.07, 6.45) is 7.48. The van der Waals surface area contributed by atoms with Gasteiger partial charge in [-0.15, -0.1) is 0 Å². The smallest absolute Gasteiger partial charge is 0.0113 e. The van der Waals surface area contributed by atoms with E-state index in [4.69, 9.17) is 0 Å². The zero-order valence-electron chi connectivity index (χ0n) is 33.7. The first-order valence-electron chi connectivity index (χ1n) is 21.4. The Kier molecular flexibility index (Phi) is 9.72. The molecule has 2 saturated carbocycles. The first-order chi connectivity index (χ1) is 28.6. The standard InChI is InChI=1S/C58H50/c1-39-50(54-36-48(41-20-8-3-9-21-41)34-52(43-24-12-5-13-25-43)57(54)46-30-18-31-46)38-51(40(2)56(39)45-28-16-7-17-29-45)55-37-49(42-22-10-4-11-23-42)35-53(44-26-14-6-15-27-44)58(55)47-32-19-33-47/h3-17,20-29,34-38,46-47H,18-19,30-33H2,1-2H3. The van der Waals surface area contributed by atoms with Gasteiger partial charge in [0.05, 0.1) is 0 Å². The van der Waals surface area contributed by atoms with E-state index in [1.54, 1.807) is 0 Å². The second-order valence-electron chi connectivity index (χ2n) is 16.7. The van der Waals surface area contributed by atoms with Crippen LogP contribution in [0.4, 0.5) is 0 Å². The molecule has 0 heterocycles. The van der Waals surface area contributed by atoms with E-state index in [0.29, 0.717) is 11.8 Å². The monoisotopic (exact) mass is 746 g/mol. The van der Waals surface area contributed by atoms with E-state index in [1.165, 1.54) is 139 Å².